The fourth-order valence-corrected chi connectivity index (χ4v) is 2.03. The highest BCUT2D eigenvalue weighted by Crippen LogP contribution is 2.23. The molecule has 4 nitrogen and oxygen atoms in total. The van der Waals surface area contributed by atoms with E-state index in [0.29, 0.717) is 17.1 Å². The van der Waals surface area contributed by atoms with Crippen LogP contribution in [-0.4, -0.2) is 27.5 Å². The Morgan fingerprint density at radius 3 is 2.62 bits per heavy atom. The average Bonchev–Trinajstić information content (AvgIpc) is 2.56. The number of furan rings is 1. The van der Waals surface area contributed by atoms with Gasteiger partial charge in [0, 0.05) is 10.8 Å². The monoisotopic (exact) mass is 244 g/mol. The fraction of sp³-hybridized carbons (Fsp3) is 0.545. The molecule has 0 saturated carbocycles. The third kappa shape index (κ3) is 3.28. The Bertz CT molecular complexity index is 370. The summed E-state index contributed by atoms with van der Waals surface area (Å²) in [7, 11) is 0. The summed E-state index contributed by atoms with van der Waals surface area (Å²) < 4.78 is 5.20. The molecule has 0 amide bonds. The summed E-state index contributed by atoms with van der Waals surface area (Å²) in [6.07, 6.45) is -0.389. The van der Waals surface area contributed by atoms with Gasteiger partial charge in [0.05, 0.1) is 11.9 Å². The summed E-state index contributed by atoms with van der Waals surface area (Å²) in [6.45, 7) is 5.36. The number of carboxylic acids is 1. The van der Waals surface area contributed by atoms with Crippen LogP contribution < -0.4 is 0 Å². The highest BCUT2D eigenvalue weighted by molar-refractivity contribution is 7.99. The second kappa shape index (κ2) is 5.41. The quantitative estimate of drug-likeness (QED) is 0.831. The molecular formula is C11H16O4S. The Morgan fingerprint density at radius 2 is 2.19 bits per heavy atom. The van der Waals surface area contributed by atoms with Gasteiger partial charge in [-0.2, -0.15) is 0 Å². The van der Waals surface area contributed by atoms with E-state index in [-0.39, 0.29) is 17.1 Å². The van der Waals surface area contributed by atoms with Crippen LogP contribution in [0.1, 0.15) is 35.7 Å². The molecule has 1 heterocycles. The van der Waals surface area contributed by atoms with Crippen LogP contribution in [-0.2, 0) is 5.75 Å². The average molecular weight is 244 g/mol. The van der Waals surface area contributed by atoms with Crippen molar-refractivity contribution in [3.63, 3.8) is 0 Å². The highest BCUT2D eigenvalue weighted by Gasteiger charge is 2.16. The first-order valence-electron chi connectivity index (χ1n) is 5.04. The molecule has 90 valence electrons. The maximum absolute atomic E-state index is 10.7. The lowest BCUT2D eigenvalue weighted by Gasteiger charge is -2.12. The fourth-order valence-electron chi connectivity index (χ4n) is 1.18. The van der Waals surface area contributed by atoms with E-state index in [9.17, 15) is 9.90 Å². The van der Waals surface area contributed by atoms with Crippen molar-refractivity contribution in [1.82, 2.24) is 0 Å². The molecule has 0 spiro atoms. The van der Waals surface area contributed by atoms with Crippen molar-refractivity contribution in [3.8, 4) is 0 Å². The Balaban J connectivity index is 2.62. The van der Waals surface area contributed by atoms with Gasteiger partial charge in [0.25, 0.3) is 0 Å². The maximum Gasteiger partial charge on any atom is 0.372 e. The third-order valence-corrected chi connectivity index (χ3v) is 3.70. The smallest absolute Gasteiger partial charge is 0.372 e. The zero-order chi connectivity index (χ0) is 12.3. The molecule has 0 aliphatic heterocycles. The zero-order valence-electron chi connectivity index (χ0n) is 9.56. The van der Waals surface area contributed by atoms with E-state index in [4.69, 9.17) is 9.52 Å². The lowest BCUT2D eigenvalue weighted by Crippen LogP contribution is -2.15. The third-order valence-electron chi connectivity index (χ3n) is 2.33. The van der Waals surface area contributed by atoms with Gasteiger partial charge in [0.2, 0.25) is 5.76 Å². The molecule has 1 rings (SSSR count). The van der Waals surface area contributed by atoms with Gasteiger partial charge in [0.15, 0.2) is 0 Å². The summed E-state index contributed by atoms with van der Waals surface area (Å²) in [5.41, 5.74) is 0.632. The SMILES string of the molecule is Cc1cc(CSC(C)C(C)O)oc1C(=O)O. The van der Waals surface area contributed by atoms with Crippen LogP contribution in [0.3, 0.4) is 0 Å². The van der Waals surface area contributed by atoms with Crippen LogP contribution in [0.5, 0.6) is 0 Å². The van der Waals surface area contributed by atoms with Crippen molar-refractivity contribution >= 4 is 17.7 Å². The molecule has 2 atom stereocenters. The van der Waals surface area contributed by atoms with Crippen LogP contribution in [0, 0.1) is 6.92 Å². The first-order chi connectivity index (χ1) is 7.41. The Morgan fingerprint density at radius 1 is 1.56 bits per heavy atom. The minimum Gasteiger partial charge on any atom is -0.475 e. The maximum atomic E-state index is 10.7. The largest absolute Gasteiger partial charge is 0.475 e. The number of aliphatic hydroxyl groups is 1. The van der Waals surface area contributed by atoms with Gasteiger partial charge in [-0.1, -0.05) is 6.92 Å². The highest BCUT2D eigenvalue weighted by atomic mass is 32.2. The van der Waals surface area contributed by atoms with Crippen molar-refractivity contribution in [2.45, 2.75) is 37.9 Å². The summed E-state index contributed by atoms with van der Waals surface area (Å²) in [5, 5.41) is 18.2. The number of rotatable bonds is 5. The molecule has 0 radical (unpaired) electrons. The van der Waals surface area contributed by atoms with Crippen LogP contribution >= 0.6 is 11.8 Å². The predicted octanol–water partition coefficient (Wildman–Crippen LogP) is 2.29. The van der Waals surface area contributed by atoms with Gasteiger partial charge in [0.1, 0.15) is 5.76 Å². The number of hydrogen-bond donors (Lipinski definition) is 2. The standard InChI is InChI=1S/C11H16O4S/c1-6-4-9(15-10(6)11(13)14)5-16-8(3)7(2)12/h4,7-8,12H,5H2,1-3H3,(H,13,14). The van der Waals surface area contributed by atoms with E-state index >= 15 is 0 Å². The summed E-state index contributed by atoms with van der Waals surface area (Å²) in [6, 6.07) is 1.73. The zero-order valence-corrected chi connectivity index (χ0v) is 10.4. The molecule has 16 heavy (non-hydrogen) atoms. The van der Waals surface area contributed by atoms with Crippen molar-refractivity contribution in [1.29, 1.82) is 0 Å². The molecule has 5 heteroatoms. The summed E-state index contributed by atoms with van der Waals surface area (Å²) >= 11 is 1.53. The number of carbonyl (C=O) groups is 1. The molecule has 0 bridgehead atoms. The first kappa shape index (κ1) is 13.1. The van der Waals surface area contributed by atoms with Crippen LogP contribution in [0.25, 0.3) is 0 Å². The topological polar surface area (TPSA) is 70.7 Å². The van der Waals surface area contributed by atoms with Gasteiger partial charge in [-0.05, 0) is 19.9 Å². The Labute approximate surface area is 98.7 Å². The lowest BCUT2D eigenvalue weighted by molar-refractivity contribution is 0.0659. The van der Waals surface area contributed by atoms with Crippen LogP contribution in [0.4, 0.5) is 0 Å². The molecule has 2 unspecified atom stereocenters. The first-order valence-corrected chi connectivity index (χ1v) is 6.09. The van der Waals surface area contributed by atoms with Gasteiger partial charge < -0.3 is 14.6 Å². The normalized spacial score (nSPS) is 14.8. The molecule has 2 N–H and O–H groups in total. The van der Waals surface area contributed by atoms with Crippen molar-refractivity contribution in [2.24, 2.45) is 0 Å². The van der Waals surface area contributed by atoms with E-state index in [1.807, 2.05) is 6.92 Å². The van der Waals surface area contributed by atoms with E-state index in [1.165, 1.54) is 11.8 Å². The van der Waals surface area contributed by atoms with E-state index in [0.717, 1.165) is 0 Å². The second-order valence-corrected chi connectivity index (χ2v) is 5.15. The van der Waals surface area contributed by atoms with E-state index in [2.05, 4.69) is 0 Å². The number of aryl methyl sites for hydroxylation is 1. The number of aliphatic hydroxyl groups excluding tert-OH is 1. The van der Waals surface area contributed by atoms with Crippen molar-refractivity contribution in [2.75, 3.05) is 0 Å². The number of thioether (sulfide) groups is 1. The summed E-state index contributed by atoms with van der Waals surface area (Å²) in [5.74, 6) is 0.158. The van der Waals surface area contributed by atoms with Gasteiger partial charge in [-0.15, -0.1) is 11.8 Å². The molecule has 0 aromatic carbocycles. The predicted molar refractivity (Wildman–Crippen MR) is 62.8 cm³/mol. The van der Waals surface area contributed by atoms with E-state index < -0.39 is 5.97 Å². The lowest BCUT2D eigenvalue weighted by atomic mass is 10.3. The molecule has 1 aromatic heterocycles. The van der Waals surface area contributed by atoms with E-state index in [1.54, 1.807) is 19.9 Å². The van der Waals surface area contributed by atoms with Crippen molar-refractivity contribution < 1.29 is 19.4 Å². The second-order valence-electron chi connectivity index (χ2n) is 3.79. The molecule has 0 saturated heterocycles. The molecule has 0 aliphatic carbocycles. The van der Waals surface area contributed by atoms with Crippen LogP contribution in [0.2, 0.25) is 0 Å². The Kier molecular flexibility index (Phi) is 4.44. The molecular weight excluding hydrogens is 228 g/mol. The van der Waals surface area contributed by atoms with Crippen molar-refractivity contribution in [3.05, 3.63) is 23.2 Å². The summed E-state index contributed by atoms with van der Waals surface area (Å²) in [4.78, 5) is 10.7. The number of aromatic carboxylic acids is 1. The minimum atomic E-state index is -1.04. The van der Waals surface area contributed by atoms with Gasteiger partial charge in [-0.25, -0.2) is 4.79 Å². The Hall–Kier alpha value is -0.940. The van der Waals surface area contributed by atoms with Crippen LogP contribution in [0.15, 0.2) is 10.5 Å². The van der Waals surface area contributed by atoms with Gasteiger partial charge in [-0.3, -0.25) is 0 Å². The number of carboxylic acid groups (broad SMARTS) is 1. The number of hydrogen-bond acceptors (Lipinski definition) is 4. The molecule has 0 aliphatic rings. The minimum absolute atomic E-state index is 0.000278. The molecule has 1 aromatic rings. The van der Waals surface area contributed by atoms with Gasteiger partial charge >= 0.3 is 5.97 Å². The molecule has 0 fully saturated rings.